The van der Waals surface area contributed by atoms with Gasteiger partial charge in [0, 0.05) is 11.2 Å². The molecule has 26 heavy (non-hydrogen) atoms. The molecule has 0 aromatic heterocycles. The monoisotopic (exact) mass is 368 g/mol. The first-order chi connectivity index (χ1) is 12.6. The second kappa shape index (κ2) is 8.58. The third-order valence-corrected chi connectivity index (χ3v) is 4.72. The van der Waals surface area contributed by atoms with Gasteiger partial charge in [-0.05, 0) is 24.6 Å². The molecule has 0 fully saturated rings. The number of para-hydroxylation sites is 1. The maximum atomic E-state index is 12.7. The highest BCUT2D eigenvalue weighted by atomic mass is 32.2. The molecule has 0 saturated carbocycles. The van der Waals surface area contributed by atoms with Crippen LogP contribution in [0.15, 0.2) is 65.8 Å². The molecule has 1 atom stereocenters. The van der Waals surface area contributed by atoms with Gasteiger partial charge in [-0.2, -0.15) is 0 Å². The van der Waals surface area contributed by atoms with E-state index in [-0.39, 0.29) is 23.6 Å². The Morgan fingerprint density at radius 2 is 1.77 bits per heavy atom. The van der Waals surface area contributed by atoms with E-state index in [0.29, 0.717) is 17.9 Å². The number of hydrogen-bond donors (Lipinski definition) is 2. The maximum Gasteiger partial charge on any atom is 0.291 e. The van der Waals surface area contributed by atoms with Crippen molar-refractivity contribution in [2.45, 2.75) is 13.0 Å². The molecule has 0 spiro atoms. The van der Waals surface area contributed by atoms with Crippen LogP contribution < -0.4 is 10.6 Å². The summed E-state index contributed by atoms with van der Waals surface area (Å²) >= 11 is 1.53. The molecule has 134 valence electrons. The van der Waals surface area contributed by atoms with E-state index in [2.05, 4.69) is 10.6 Å². The minimum Gasteiger partial charge on any atom is -0.487 e. The van der Waals surface area contributed by atoms with Crippen LogP contribution in [0.2, 0.25) is 0 Å². The maximum absolute atomic E-state index is 12.7. The van der Waals surface area contributed by atoms with E-state index in [4.69, 9.17) is 4.74 Å². The lowest BCUT2D eigenvalue weighted by atomic mass is 10.1. The van der Waals surface area contributed by atoms with Crippen LogP contribution >= 0.6 is 11.8 Å². The second-order valence-corrected chi connectivity index (χ2v) is 6.78. The number of benzene rings is 2. The summed E-state index contributed by atoms with van der Waals surface area (Å²) in [5.41, 5.74) is 1.88. The number of carbonyl (C=O) groups excluding carboxylic acids is 2. The first-order valence-electron chi connectivity index (χ1n) is 8.36. The molecule has 6 heteroatoms. The zero-order valence-electron chi connectivity index (χ0n) is 14.4. The summed E-state index contributed by atoms with van der Waals surface area (Å²) in [6.45, 7) is 2.42. The molecule has 5 nitrogen and oxygen atoms in total. The van der Waals surface area contributed by atoms with Crippen LogP contribution in [0.1, 0.15) is 28.9 Å². The predicted molar refractivity (Wildman–Crippen MR) is 104 cm³/mol. The smallest absolute Gasteiger partial charge is 0.291 e. The van der Waals surface area contributed by atoms with Gasteiger partial charge in [-0.15, -0.1) is 11.8 Å². The fourth-order valence-electron chi connectivity index (χ4n) is 2.56. The van der Waals surface area contributed by atoms with Crippen molar-refractivity contribution in [3.8, 4) is 0 Å². The van der Waals surface area contributed by atoms with Crippen LogP contribution in [0, 0.1) is 0 Å². The molecule has 0 aliphatic carbocycles. The third kappa shape index (κ3) is 4.46. The average Bonchev–Trinajstić information content (AvgIpc) is 2.69. The second-order valence-electron chi connectivity index (χ2n) is 5.81. The lowest BCUT2D eigenvalue weighted by molar-refractivity contribution is -0.116. The van der Waals surface area contributed by atoms with Gasteiger partial charge in [-0.1, -0.05) is 42.5 Å². The predicted octanol–water partition coefficient (Wildman–Crippen LogP) is 3.72. The number of hydrogen-bond acceptors (Lipinski definition) is 4. The Bertz CT molecular complexity index is 821. The first-order valence-corrected chi connectivity index (χ1v) is 9.41. The van der Waals surface area contributed by atoms with Crippen molar-refractivity contribution in [2.24, 2.45) is 0 Å². The number of ether oxygens (including phenoxy) is 1. The Hall–Kier alpha value is -2.73. The fraction of sp³-hybridized carbons (Fsp3) is 0.200. The summed E-state index contributed by atoms with van der Waals surface area (Å²) in [5.74, 6) is 0.500. The van der Waals surface area contributed by atoms with Crippen LogP contribution in [-0.2, 0) is 9.53 Å². The lowest BCUT2D eigenvalue weighted by Crippen LogP contribution is -2.28. The summed E-state index contributed by atoms with van der Waals surface area (Å²) in [6.07, 6.45) is 0. The van der Waals surface area contributed by atoms with Gasteiger partial charge in [0.05, 0.1) is 23.9 Å². The van der Waals surface area contributed by atoms with E-state index >= 15 is 0 Å². The molecule has 0 radical (unpaired) electrons. The van der Waals surface area contributed by atoms with Gasteiger partial charge in [0.25, 0.3) is 11.8 Å². The van der Waals surface area contributed by atoms with Crippen LogP contribution in [0.5, 0.6) is 0 Å². The minimum absolute atomic E-state index is 0.145. The van der Waals surface area contributed by atoms with Crippen LogP contribution in [-0.4, -0.2) is 24.2 Å². The van der Waals surface area contributed by atoms with Gasteiger partial charge in [0.15, 0.2) is 5.76 Å². The Balaban J connectivity index is 1.73. The van der Waals surface area contributed by atoms with E-state index in [9.17, 15) is 9.59 Å². The average molecular weight is 368 g/mol. The first kappa shape index (κ1) is 18.1. The number of rotatable bonds is 5. The molecule has 2 aromatic carbocycles. The molecule has 0 unspecified atom stereocenters. The number of amides is 2. The van der Waals surface area contributed by atoms with Crippen molar-refractivity contribution < 1.29 is 14.3 Å². The molecule has 1 aliphatic heterocycles. The van der Waals surface area contributed by atoms with Crippen LogP contribution in [0.4, 0.5) is 5.69 Å². The molecule has 2 aromatic rings. The minimum atomic E-state index is -0.353. The standard InChI is InChI=1S/C20H20N2O3S/c1-14(15-7-3-2-4-8-15)21-19(23)16-9-5-6-10-17(16)22-20(24)18-13-26-12-11-25-18/h2-10,13-14H,11-12H2,1H3,(H,21,23)(H,22,24)/t14-/m0/s1. The van der Waals surface area contributed by atoms with E-state index < -0.39 is 0 Å². The van der Waals surface area contributed by atoms with Crippen molar-refractivity contribution in [3.05, 3.63) is 76.9 Å². The van der Waals surface area contributed by atoms with Crippen molar-refractivity contribution in [2.75, 3.05) is 17.7 Å². The molecular weight excluding hydrogens is 348 g/mol. The van der Waals surface area contributed by atoms with Gasteiger partial charge in [-0.25, -0.2) is 0 Å². The van der Waals surface area contributed by atoms with Gasteiger partial charge in [0.2, 0.25) is 0 Å². The molecule has 1 heterocycles. The third-order valence-electron chi connectivity index (χ3n) is 3.94. The molecule has 2 amide bonds. The zero-order valence-corrected chi connectivity index (χ0v) is 15.2. The van der Waals surface area contributed by atoms with Crippen molar-refractivity contribution in [1.29, 1.82) is 0 Å². The number of carbonyl (C=O) groups is 2. The highest BCUT2D eigenvalue weighted by Gasteiger charge is 2.19. The molecule has 0 bridgehead atoms. The summed E-state index contributed by atoms with van der Waals surface area (Å²) < 4.78 is 5.36. The molecule has 0 saturated heterocycles. The summed E-state index contributed by atoms with van der Waals surface area (Å²) in [7, 11) is 0. The Morgan fingerprint density at radius 1 is 1.04 bits per heavy atom. The fourth-order valence-corrected chi connectivity index (χ4v) is 3.18. The zero-order chi connectivity index (χ0) is 18.4. The number of thioether (sulfide) groups is 1. The van der Waals surface area contributed by atoms with Gasteiger partial charge in [-0.3, -0.25) is 9.59 Å². The topological polar surface area (TPSA) is 67.4 Å². The molecule has 3 rings (SSSR count). The summed E-state index contributed by atoms with van der Waals surface area (Å²) in [6, 6.07) is 16.5. The SMILES string of the molecule is C[C@H](NC(=O)c1ccccc1NC(=O)C1=CSCCO1)c1ccccc1. The highest BCUT2D eigenvalue weighted by Crippen LogP contribution is 2.21. The quantitative estimate of drug-likeness (QED) is 0.844. The normalized spacial score (nSPS) is 14.6. The van der Waals surface area contributed by atoms with Gasteiger partial charge >= 0.3 is 0 Å². The Kier molecular flexibility index (Phi) is 5.96. The van der Waals surface area contributed by atoms with E-state index in [0.717, 1.165) is 11.3 Å². The van der Waals surface area contributed by atoms with E-state index in [1.54, 1.807) is 29.7 Å². The van der Waals surface area contributed by atoms with Gasteiger partial charge in [0.1, 0.15) is 0 Å². The Morgan fingerprint density at radius 3 is 2.50 bits per heavy atom. The van der Waals surface area contributed by atoms with Crippen LogP contribution in [0.3, 0.4) is 0 Å². The van der Waals surface area contributed by atoms with E-state index in [1.807, 2.05) is 37.3 Å². The highest BCUT2D eigenvalue weighted by molar-refractivity contribution is 8.02. The van der Waals surface area contributed by atoms with Crippen LogP contribution in [0.25, 0.3) is 0 Å². The Labute approximate surface area is 156 Å². The molecular formula is C20H20N2O3S. The lowest BCUT2D eigenvalue weighted by Gasteiger charge is -2.17. The van der Waals surface area contributed by atoms with Gasteiger partial charge < -0.3 is 15.4 Å². The number of anilines is 1. The largest absolute Gasteiger partial charge is 0.487 e. The van der Waals surface area contributed by atoms with Crippen molar-refractivity contribution in [1.82, 2.24) is 5.32 Å². The van der Waals surface area contributed by atoms with Crippen molar-refractivity contribution in [3.63, 3.8) is 0 Å². The van der Waals surface area contributed by atoms with Crippen molar-refractivity contribution >= 4 is 29.3 Å². The summed E-state index contributed by atoms with van der Waals surface area (Å²) in [4.78, 5) is 25.0. The summed E-state index contributed by atoms with van der Waals surface area (Å²) in [5, 5.41) is 7.43. The molecule has 1 aliphatic rings. The number of nitrogens with one attached hydrogen (secondary N) is 2. The van der Waals surface area contributed by atoms with E-state index in [1.165, 1.54) is 11.8 Å². The molecule has 2 N–H and O–H groups in total.